The van der Waals surface area contributed by atoms with Crippen LogP contribution >= 0.6 is 0 Å². The Morgan fingerprint density at radius 2 is 1.66 bits per heavy atom. The summed E-state index contributed by atoms with van der Waals surface area (Å²) in [6, 6.07) is 9.97. The lowest BCUT2D eigenvalue weighted by molar-refractivity contribution is -0.228. The van der Waals surface area contributed by atoms with Crippen LogP contribution in [0.3, 0.4) is 0 Å². The molecule has 2 aromatic carbocycles. The smallest absolute Gasteiger partial charge is 0.394 e. The van der Waals surface area contributed by atoms with Crippen LogP contribution in [0.1, 0.15) is 75.3 Å². The van der Waals surface area contributed by atoms with Gasteiger partial charge in [0.05, 0.1) is 38.7 Å². The van der Waals surface area contributed by atoms with Crippen molar-refractivity contribution in [2.75, 3.05) is 59.0 Å². The Morgan fingerprint density at radius 3 is 2.29 bits per heavy atom. The number of para-hydroxylation sites is 1. The molecule has 1 aromatic heterocycles. The number of amides is 1. The molecule has 2 saturated heterocycles. The average Bonchev–Trinajstić information content (AvgIpc) is 3.95. The van der Waals surface area contributed by atoms with E-state index in [9.17, 15) is 24.6 Å². The van der Waals surface area contributed by atoms with Crippen LogP contribution in [-0.4, -0.2) is 150 Å². The number of esters is 3. The Hall–Kier alpha value is -4.89. The summed E-state index contributed by atoms with van der Waals surface area (Å²) in [5, 5.41) is 26.3. The summed E-state index contributed by atoms with van der Waals surface area (Å²) < 4.78 is 55.3. The first-order chi connectivity index (χ1) is 30.8. The van der Waals surface area contributed by atoms with E-state index in [1.807, 2.05) is 50.3 Å². The molecule has 1 aliphatic carbocycles. The number of rotatable bonds is 8. The number of aliphatic hydroxyl groups is 2. The van der Waals surface area contributed by atoms with Gasteiger partial charge in [-0.15, -0.1) is 0 Å². The Morgan fingerprint density at radius 1 is 0.954 bits per heavy atom. The summed E-state index contributed by atoms with van der Waals surface area (Å²) in [5.41, 5.74) is -3.15. The van der Waals surface area contributed by atoms with Gasteiger partial charge in [-0.2, -0.15) is 8.42 Å². The van der Waals surface area contributed by atoms with Crippen molar-refractivity contribution in [2.24, 2.45) is 11.3 Å². The highest BCUT2D eigenvalue weighted by Gasteiger charge is 2.81. The third kappa shape index (κ3) is 6.90. The molecule has 1 amide bonds. The number of nitrogens with one attached hydrogen (secondary N) is 1. The quantitative estimate of drug-likeness (QED) is 0.0717. The number of benzene rings is 2. The maximum Gasteiger partial charge on any atom is 0.394 e. The summed E-state index contributed by atoms with van der Waals surface area (Å²) in [7, 11) is -0.577. The number of carbonyl (C=O) groups excluding carboxylic acids is 4. The van der Waals surface area contributed by atoms with Crippen LogP contribution in [-0.2, 0) is 61.0 Å². The lowest BCUT2D eigenvalue weighted by Gasteiger charge is -2.63. The molecular weight excluding hydrogens is 865 g/mol. The van der Waals surface area contributed by atoms with Gasteiger partial charge in [-0.3, -0.25) is 33.3 Å². The van der Waals surface area contributed by atoms with Crippen LogP contribution < -0.4 is 9.64 Å². The first-order valence-electron chi connectivity index (χ1n) is 22.0. The number of anilines is 1. The molecule has 9 rings (SSSR count). The maximum absolute atomic E-state index is 15.3. The third-order valence-corrected chi connectivity index (χ3v) is 15.5. The van der Waals surface area contributed by atoms with Gasteiger partial charge in [0, 0.05) is 78.2 Å². The first kappa shape index (κ1) is 46.6. The second-order valence-corrected chi connectivity index (χ2v) is 19.4. The van der Waals surface area contributed by atoms with Gasteiger partial charge in [-0.1, -0.05) is 44.2 Å². The molecule has 5 aliphatic heterocycles. The lowest BCUT2D eigenvalue weighted by atomic mass is 9.47. The van der Waals surface area contributed by atoms with E-state index in [4.69, 9.17) is 36.5 Å². The summed E-state index contributed by atoms with van der Waals surface area (Å²) in [6.07, 6.45) is 5.83. The van der Waals surface area contributed by atoms with Crippen molar-refractivity contribution < 1.29 is 65.9 Å². The highest BCUT2D eigenvalue weighted by molar-refractivity contribution is 7.79. The van der Waals surface area contributed by atoms with Gasteiger partial charge in [-0.25, -0.2) is 4.79 Å². The van der Waals surface area contributed by atoms with E-state index in [-0.39, 0.29) is 12.3 Å². The zero-order chi connectivity index (χ0) is 47.1. The maximum atomic E-state index is 15.3. The van der Waals surface area contributed by atoms with Crippen molar-refractivity contribution in [3.05, 3.63) is 70.9 Å². The van der Waals surface area contributed by atoms with E-state index >= 15 is 4.79 Å². The lowest BCUT2D eigenvalue weighted by Crippen LogP contribution is -2.81. The molecule has 6 heterocycles. The molecule has 1 spiro atoms. The zero-order valence-corrected chi connectivity index (χ0v) is 38.2. The minimum atomic E-state index is -4.67. The fourth-order valence-corrected chi connectivity index (χ4v) is 13.4. The van der Waals surface area contributed by atoms with Gasteiger partial charge < -0.3 is 39.0 Å². The van der Waals surface area contributed by atoms with Crippen molar-refractivity contribution in [3.63, 3.8) is 0 Å². The van der Waals surface area contributed by atoms with Gasteiger partial charge >= 0.3 is 28.3 Å². The number of carbonyl (C=O) groups is 4. The van der Waals surface area contributed by atoms with Crippen LogP contribution in [0.2, 0.25) is 0 Å². The minimum absolute atomic E-state index is 0.155. The fourth-order valence-electron chi connectivity index (χ4n) is 13.4. The monoisotopic (exact) mass is 922 g/mol. The molecule has 6 aliphatic rings. The number of hydrogen-bond acceptors (Lipinski definition) is 14. The number of nitrogens with zero attached hydrogens (tertiary/aromatic N) is 3. The molecule has 10 atom stereocenters. The Bertz CT molecular complexity index is 2560. The van der Waals surface area contributed by atoms with Crippen LogP contribution in [0.25, 0.3) is 10.9 Å². The van der Waals surface area contributed by atoms with Crippen LogP contribution in [0.5, 0.6) is 5.75 Å². The molecule has 5 N–H and O–H groups in total. The molecule has 19 heteroatoms. The van der Waals surface area contributed by atoms with Crippen molar-refractivity contribution >= 4 is 51.3 Å². The van der Waals surface area contributed by atoms with Crippen LogP contribution in [0.4, 0.5) is 5.69 Å². The van der Waals surface area contributed by atoms with Crippen molar-refractivity contribution in [1.82, 2.24) is 14.8 Å². The number of methoxy groups -OCH3 is 3. The Labute approximate surface area is 377 Å². The van der Waals surface area contributed by atoms with Gasteiger partial charge in [-0.05, 0) is 74.2 Å². The van der Waals surface area contributed by atoms with Crippen molar-refractivity contribution in [3.8, 4) is 5.75 Å². The first-order valence-corrected chi connectivity index (χ1v) is 23.4. The predicted molar refractivity (Wildman–Crippen MR) is 235 cm³/mol. The Balaban J connectivity index is 0.00000109. The van der Waals surface area contributed by atoms with Crippen LogP contribution in [0, 0.1) is 11.3 Å². The van der Waals surface area contributed by atoms with E-state index in [0.717, 1.165) is 16.5 Å². The summed E-state index contributed by atoms with van der Waals surface area (Å²) in [4.78, 5) is 66.1. The summed E-state index contributed by atoms with van der Waals surface area (Å²) in [5.74, 6) is -2.06. The highest BCUT2D eigenvalue weighted by Crippen LogP contribution is 2.68. The SMILES string of the molecule is CC[C@]1(O)C[C@@H]2CN(CCc3c([nH]c4ccccc34)[C@@](C(=O)OC)(c3cc4c(cc3OC)N(C=O)[C@@H]3[C@@]45CCN4CC=C[C@@](CC)(C(OC(C)=O)[C@]3(O)C(=O)OC)[C@H]45)C2)C1.O=S(=O)(O)O. The molecule has 3 fully saturated rings. The molecular formula is C46H58N4O14S. The number of piperidine rings is 1. The number of aromatic nitrogens is 1. The number of hydrogen-bond donors (Lipinski definition) is 5. The molecule has 18 nitrogen and oxygen atoms in total. The largest absolute Gasteiger partial charge is 0.496 e. The van der Waals surface area contributed by atoms with Crippen LogP contribution in [0.15, 0.2) is 48.6 Å². The van der Waals surface area contributed by atoms with Gasteiger partial charge in [0.1, 0.15) is 11.2 Å². The molecule has 0 radical (unpaired) electrons. The fraction of sp³-hybridized carbons (Fsp3) is 0.565. The van der Waals surface area contributed by atoms with Gasteiger partial charge in [0.2, 0.25) is 12.0 Å². The second kappa shape index (κ2) is 16.5. The van der Waals surface area contributed by atoms with Crippen molar-refractivity contribution in [2.45, 2.75) is 99.5 Å². The van der Waals surface area contributed by atoms with E-state index in [1.165, 1.54) is 33.2 Å². The Kier molecular flexibility index (Phi) is 11.8. The average molecular weight is 923 g/mol. The minimum Gasteiger partial charge on any atom is -0.496 e. The summed E-state index contributed by atoms with van der Waals surface area (Å²) in [6.45, 7) is 8.16. The standard InChI is InChI=1S/C46H56N4O10.H2O4S/c1-7-42(55)22-28-23-45(40(53)58-5,36-30(14-18-48(24-28)25-42)29-12-9-10-13-33(29)47-36)32-20-31-34(21-35(32)57-4)50(26-51)38-44(31)16-19-49-17-11-15-43(8-2,37(44)49)39(60-27(3)52)46(38,56)41(54)59-6;1-5(2,3)4/h9-13,15,20-21,26,28,37-39,47,55-56H,7-8,14,16-19,22-25H2,1-6H3;(H2,1,2,3,4)/t28-,37-,38+,39?,42-,43+,44-,45-,46-;/m0./s1. The predicted octanol–water partition coefficient (Wildman–Crippen LogP) is 2.86. The highest BCUT2D eigenvalue weighted by atomic mass is 32.3. The summed E-state index contributed by atoms with van der Waals surface area (Å²) >= 11 is 0. The molecule has 1 saturated carbocycles. The van der Waals surface area contributed by atoms with Gasteiger partial charge in [0.15, 0.2) is 6.10 Å². The van der Waals surface area contributed by atoms with E-state index in [0.29, 0.717) is 99.5 Å². The third-order valence-electron chi connectivity index (χ3n) is 15.5. The number of ether oxygens (including phenoxy) is 4. The number of aromatic amines is 1. The second-order valence-electron chi connectivity index (χ2n) is 18.6. The van der Waals surface area contributed by atoms with Gasteiger partial charge in [0.25, 0.3) is 0 Å². The van der Waals surface area contributed by atoms with Crippen molar-refractivity contribution in [1.29, 1.82) is 0 Å². The number of H-pyrrole nitrogens is 1. The molecule has 3 aromatic rings. The molecule has 65 heavy (non-hydrogen) atoms. The van der Waals surface area contributed by atoms with E-state index in [1.54, 1.807) is 6.07 Å². The zero-order valence-electron chi connectivity index (χ0n) is 37.4. The van der Waals surface area contributed by atoms with E-state index < -0.39 is 73.9 Å². The molecule has 352 valence electrons. The topological polar surface area (TPSA) is 246 Å². The van der Waals surface area contributed by atoms with E-state index in [2.05, 4.69) is 20.9 Å². The number of fused-ring (bicyclic) bond motifs is 6. The molecule has 2 unspecified atom stereocenters. The molecule has 2 bridgehead atoms. The normalized spacial score (nSPS) is 34.6.